The van der Waals surface area contributed by atoms with E-state index in [4.69, 9.17) is 5.73 Å². The van der Waals surface area contributed by atoms with E-state index in [0.29, 0.717) is 32.7 Å². The third-order valence-electron chi connectivity index (χ3n) is 4.52. The Bertz CT molecular complexity index is 435. The van der Waals surface area contributed by atoms with Gasteiger partial charge in [0.1, 0.15) is 0 Å². The Morgan fingerprint density at radius 1 is 0.955 bits per heavy atom. The van der Waals surface area contributed by atoms with Gasteiger partial charge in [-0.15, -0.1) is 0 Å². The Balaban J connectivity index is 1.95. The number of carbonyl (C=O) groups is 3. The van der Waals surface area contributed by atoms with Crippen molar-refractivity contribution in [3.8, 4) is 0 Å². The van der Waals surface area contributed by atoms with E-state index in [1.807, 2.05) is 9.80 Å². The molecule has 1 atom stereocenters. The summed E-state index contributed by atoms with van der Waals surface area (Å²) in [5.74, 6) is -0.779. The van der Waals surface area contributed by atoms with E-state index in [2.05, 4.69) is 0 Å². The fraction of sp³-hybridized carbons (Fsp3) is 0.800. The molecule has 22 heavy (non-hydrogen) atoms. The largest absolute Gasteiger partial charge is 0.369 e. The second-order valence-electron chi connectivity index (χ2n) is 6.24. The van der Waals surface area contributed by atoms with Crippen molar-refractivity contribution in [2.24, 2.45) is 11.7 Å². The summed E-state index contributed by atoms with van der Waals surface area (Å²) >= 11 is 0. The zero-order valence-electron chi connectivity index (χ0n) is 13.3. The number of nitrogens with zero attached hydrogens (tertiary/aromatic N) is 3. The minimum Gasteiger partial charge on any atom is -0.369 e. The fourth-order valence-corrected chi connectivity index (χ4v) is 3.12. The van der Waals surface area contributed by atoms with Gasteiger partial charge in [0.15, 0.2) is 0 Å². The standard InChI is InChI=1S/C15H26N4O3/c1-12(20)19-8-7-17(9-13(10-19)15(16)22)11-14(21)18-5-3-2-4-6-18/h13H,2-11H2,1H3,(H2,16,22)/t13-/m1/s1. The molecule has 0 spiro atoms. The molecule has 2 fully saturated rings. The topological polar surface area (TPSA) is 87.0 Å². The highest BCUT2D eigenvalue weighted by atomic mass is 16.2. The van der Waals surface area contributed by atoms with Crippen molar-refractivity contribution in [2.75, 3.05) is 45.8 Å². The van der Waals surface area contributed by atoms with Crippen LogP contribution in [0.4, 0.5) is 0 Å². The average Bonchev–Trinajstić information content (AvgIpc) is 2.71. The Kier molecular flexibility index (Phi) is 5.76. The van der Waals surface area contributed by atoms with Crippen molar-refractivity contribution in [3.05, 3.63) is 0 Å². The van der Waals surface area contributed by atoms with E-state index in [9.17, 15) is 14.4 Å². The van der Waals surface area contributed by atoms with Crippen molar-refractivity contribution >= 4 is 17.7 Å². The smallest absolute Gasteiger partial charge is 0.236 e. The zero-order chi connectivity index (χ0) is 16.1. The lowest BCUT2D eigenvalue weighted by molar-refractivity contribution is -0.134. The van der Waals surface area contributed by atoms with E-state index >= 15 is 0 Å². The van der Waals surface area contributed by atoms with Crippen LogP contribution in [0, 0.1) is 5.92 Å². The Morgan fingerprint density at radius 3 is 2.23 bits per heavy atom. The molecule has 0 bridgehead atoms. The first kappa shape index (κ1) is 16.7. The number of primary amides is 1. The third kappa shape index (κ3) is 4.43. The summed E-state index contributed by atoms with van der Waals surface area (Å²) in [6.45, 7) is 5.37. The van der Waals surface area contributed by atoms with Crippen LogP contribution >= 0.6 is 0 Å². The lowest BCUT2D eigenvalue weighted by atomic mass is 10.1. The molecule has 124 valence electrons. The minimum atomic E-state index is -0.416. The second-order valence-corrected chi connectivity index (χ2v) is 6.24. The molecule has 7 nitrogen and oxygen atoms in total. The fourth-order valence-electron chi connectivity index (χ4n) is 3.12. The molecule has 2 heterocycles. The van der Waals surface area contributed by atoms with Crippen LogP contribution in [0.2, 0.25) is 0 Å². The van der Waals surface area contributed by atoms with Gasteiger partial charge in [-0.1, -0.05) is 0 Å². The van der Waals surface area contributed by atoms with Gasteiger partial charge >= 0.3 is 0 Å². The molecular formula is C15H26N4O3. The maximum atomic E-state index is 12.4. The molecule has 2 rings (SSSR count). The first-order valence-corrected chi connectivity index (χ1v) is 8.02. The van der Waals surface area contributed by atoms with Crippen LogP contribution in [0.25, 0.3) is 0 Å². The lowest BCUT2D eigenvalue weighted by Gasteiger charge is -2.30. The molecule has 0 aromatic heterocycles. The van der Waals surface area contributed by atoms with E-state index in [0.717, 1.165) is 25.9 Å². The van der Waals surface area contributed by atoms with Gasteiger partial charge in [-0.3, -0.25) is 19.3 Å². The minimum absolute atomic E-state index is 0.0598. The normalized spacial score (nSPS) is 24.0. The molecule has 0 radical (unpaired) electrons. The van der Waals surface area contributed by atoms with Gasteiger partial charge in [-0.05, 0) is 19.3 Å². The third-order valence-corrected chi connectivity index (χ3v) is 4.52. The molecule has 0 aromatic rings. The maximum Gasteiger partial charge on any atom is 0.236 e. The van der Waals surface area contributed by atoms with Gasteiger partial charge in [-0.2, -0.15) is 0 Å². The number of hydrogen-bond acceptors (Lipinski definition) is 4. The molecule has 7 heteroatoms. The first-order valence-electron chi connectivity index (χ1n) is 8.02. The van der Waals surface area contributed by atoms with E-state index in [1.54, 1.807) is 4.90 Å². The molecule has 3 amide bonds. The van der Waals surface area contributed by atoms with Crippen molar-refractivity contribution in [1.29, 1.82) is 0 Å². The number of likely N-dealkylation sites (tertiary alicyclic amines) is 1. The van der Waals surface area contributed by atoms with Gasteiger partial charge < -0.3 is 15.5 Å². The van der Waals surface area contributed by atoms with E-state index < -0.39 is 11.8 Å². The van der Waals surface area contributed by atoms with E-state index in [1.165, 1.54) is 13.3 Å². The summed E-state index contributed by atoms with van der Waals surface area (Å²) < 4.78 is 0. The van der Waals surface area contributed by atoms with Crippen LogP contribution in [0.15, 0.2) is 0 Å². The number of carbonyl (C=O) groups excluding carboxylic acids is 3. The van der Waals surface area contributed by atoms with Gasteiger partial charge in [0.05, 0.1) is 12.5 Å². The van der Waals surface area contributed by atoms with Crippen LogP contribution in [0.5, 0.6) is 0 Å². The Morgan fingerprint density at radius 2 is 1.64 bits per heavy atom. The predicted octanol–water partition coefficient (Wildman–Crippen LogP) is -0.735. The summed E-state index contributed by atoms with van der Waals surface area (Å²) in [5, 5.41) is 0. The lowest BCUT2D eigenvalue weighted by Crippen LogP contribution is -2.45. The summed E-state index contributed by atoms with van der Waals surface area (Å²) in [6, 6.07) is 0. The van der Waals surface area contributed by atoms with Gasteiger partial charge in [0.2, 0.25) is 17.7 Å². The van der Waals surface area contributed by atoms with Crippen LogP contribution in [0.3, 0.4) is 0 Å². The average molecular weight is 310 g/mol. The van der Waals surface area contributed by atoms with E-state index in [-0.39, 0.29) is 11.8 Å². The maximum absolute atomic E-state index is 12.4. The molecule has 2 aliphatic heterocycles. The number of rotatable bonds is 3. The van der Waals surface area contributed by atoms with Gasteiger partial charge in [0.25, 0.3) is 0 Å². The number of hydrogen-bond donors (Lipinski definition) is 1. The Labute approximate surface area is 131 Å². The quantitative estimate of drug-likeness (QED) is 0.744. The van der Waals surface area contributed by atoms with Crippen LogP contribution < -0.4 is 5.73 Å². The highest BCUT2D eigenvalue weighted by molar-refractivity contribution is 5.80. The first-order chi connectivity index (χ1) is 10.5. The van der Waals surface area contributed by atoms with Crippen molar-refractivity contribution in [3.63, 3.8) is 0 Å². The number of amides is 3. The summed E-state index contributed by atoms with van der Waals surface area (Å²) in [5.41, 5.74) is 5.44. The SMILES string of the molecule is CC(=O)N1CCN(CC(=O)N2CCCCC2)C[C@@H](C(N)=O)C1. The highest BCUT2D eigenvalue weighted by Crippen LogP contribution is 2.12. The van der Waals surface area contributed by atoms with Crippen molar-refractivity contribution in [1.82, 2.24) is 14.7 Å². The number of piperidine rings is 1. The molecular weight excluding hydrogens is 284 g/mol. The zero-order valence-corrected chi connectivity index (χ0v) is 13.3. The molecule has 0 unspecified atom stereocenters. The van der Waals surface area contributed by atoms with Crippen molar-refractivity contribution in [2.45, 2.75) is 26.2 Å². The van der Waals surface area contributed by atoms with Crippen molar-refractivity contribution < 1.29 is 14.4 Å². The molecule has 0 saturated carbocycles. The highest BCUT2D eigenvalue weighted by Gasteiger charge is 2.29. The Hall–Kier alpha value is -1.63. The summed E-state index contributed by atoms with van der Waals surface area (Å²) in [7, 11) is 0. The monoisotopic (exact) mass is 310 g/mol. The molecule has 2 aliphatic rings. The molecule has 2 saturated heterocycles. The second kappa shape index (κ2) is 7.58. The predicted molar refractivity (Wildman–Crippen MR) is 81.8 cm³/mol. The van der Waals surface area contributed by atoms with Gasteiger partial charge in [0, 0.05) is 46.2 Å². The van der Waals surface area contributed by atoms with Gasteiger partial charge in [-0.25, -0.2) is 0 Å². The molecule has 0 aliphatic carbocycles. The van der Waals surface area contributed by atoms with Crippen LogP contribution in [0.1, 0.15) is 26.2 Å². The molecule has 0 aromatic carbocycles. The summed E-state index contributed by atoms with van der Waals surface area (Å²) in [4.78, 5) is 41.0. The summed E-state index contributed by atoms with van der Waals surface area (Å²) in [6.07, 6.45) is 3.31. The van der Waals surface area contributed by atoms with Crippen LogP contribution in [-0.2, 0) is 14.4 Å². The van der Waals surface area contributed by atoms with Crippen LogP contribution in [-0.4, -0.2) is 78.2 Å². The molecule has 2 N–H and O–H groups in total. The number of nitrogens with two attached hydrogens (primary N) is 1.